The van der Waals surface area contributed by atoms with E-state index in [9.17, 15) is 14.9 Å². The van der Waals surface area contributed by atoms with Crippen LogP contribution in [0.3, 0.4) is 0 Å². The molecule has 1 aliphatic rings. The summed E-state index contributed by atoms with van der Waals surface area (Å²) in [5.74, 6) is -4.75. The molecule has 0 spiro atoms. The average Bonchev–Trinajstić information content (AvgIpc) is 2.77. The third kappa shape index (κ3) is 4.19. The number of nitrogens with zero attached hydrogens (tertiary/aromatic N) is 1. The maximum absolute atomic E-state index is 13.6. The molecule has 8 nitrogen and oxygen atoms in total. The number of nitro groups is 1. The Morgan fingerprint density at radius 2 is 1.52 bits per heavy atom. The molecule has 1 saturated heterocycles. The lowest BCUT2D eigenvalue weighted by molar-refractivity contribution is -0.493. The van der Waals surface area contributed by atoms with Gasteiger partial charge in [0, 0.05) is 32.5 Å². The highest BCUT2D eigenvalue weighted by Crippen LogP contribution is 2.48. The van der Waals surface area contributed by atoms with Gasteiger partial charge in [-0.1, -0.05) is 60.7 Å². The molecule has 0 saturated carbocycles. The maximum atomic E-state index is 13.6. The zero-order chi connectivity index (χ0) is 22.7. The molecule has 0 bridgehead atoms. The summed E-state index contributed by atoms with van der Waals surface area (Å²) < 4.78 is 23.3. The number of carbonyl (C=O) groups excluding carboxylic acids is 1. The second-order valence-electron chi connectivity index (χ2n) is 7.82. The van der Waals surface area contributed by atoms with Crippen molar-refractivity contribution >= 4 is 5.97 Å². The molecule has 0 radical (unpaired) electrons. The van der Waals surface area contributed by atoms with Crippen LogP contribution in [0, 0.1) is 10.1 Å². The molecule has 4 atom stereocenters. The minimum absolute atomic E-state index is 0.0544. The Labute approximate surface area is 181 Å². The van der Waals surface area contributed by atoms with Crippen molar-refractivity contribution in [2.24, 2.45) is 0 Å². The molecule has 1 aliphatic heterocycles. The van der Waals surface area contributed by atoms with Crippen LogP contribution < -0.4 is 0 Å². The van der Waals surface area contributed by atoms with Gasteiger partial charge in [-0.25, -0.2) is 4.79 Å². The lowest BCUT2D eigenvalue weighted by atomic mass is 9.76. The molecular weight excluding hydrogens is 402 g/mol. The monoisotopic (exact) mass is 429 g/mol. The fraction of sp³-hybridized carbons (Fsp3) is 0.435. The number of rotatable bonds is 8. The Hall–Kier alpha value is -2.81. The van der Waals surface area contributed by atoms with Gasteiger partial charge < -0.3 is 18.9 Å². The third-order valence-electron chi connectivity index (χ3n) is 6.02. The molecule has 0 aromatic heterocycles. The molecule has 166 valence electrons. The Morgan fingerprint density at radius 3 is 2.03 bits per heavy atom. The maximum Gasteiger partial charge on any atom is 0.342 e. The molecule has 0 N–H and O–H groups in total. The number of carbonyl (C=O) groups is 1. The van der Waals surface area contributed by atoms with Gasteiger partial charge in [0.2, 0.25) is 12.3 Å². The van der Waals surface area contributed by atoms with Gasteiger partial charge in [-0.05, 0) is 18.1 Å². The van der Waals surface area contributed by atoms with Crippen LogP contribution in [0.2, 0.25) is 0 Å². The van der Waals surface area contributed by atoms with Crippen LogP contribution in [-0.2, 0) is 30.2 Å². The normalized spacial score (nSPS) is 29.2. The predicted molar refractivity (Wildman–Crippen MR) is 112 cm³/mol. The van der Waals surface area contributed by atoms with Gasteiger partial charge in [-0.15, -0.1) is 0 Å². The summed E-state index contributed by atoms with van der Waals surface area (Å²) in [6, 6.07) is 18.0. The van der Waals surface area contributed by atoms with E-state index < -0.39 is 40.5 Å². The van der Waals surface area contributed by atoms with Gasteiger partial charge in [0.25, 0.3) is 5.79 Å². The Morgan fingerprint density at radius 1 is 0.968 bits per heavy atom. The van der Waals surface area contributed by atoms with Gasteiger partial charge in [-0.3, -0.25) is 10.1 Å². The second kappa shape index (κ2) is 8.74. The molecule has 31 heavy (non-hydrogen) atoms. The Balaban J connectivity index is 2.21. The zero-order valence-electron chi connectivity index (χ0n) is 18.1. The fourth-order valence-electron chi connectivity index (χ4n) is 3.99. The third-order valence-corrected chi connectivity index (χ3v) is 6.02. The van der Waals surface area contributed by atoms with Crippen LogP contribution >= 0.6 is 0 Å². The van der Waals surface area contributed by atoms with E-state index in [4.69, 9.17) is 18.9 Å². The van der Waals surface area contributed by atoms with Crippen molar-refractivity contribution in [3.63, 3.8) is 0 Å². The predicted octanol–water partition coefficient (Wildman–Crippen LogP) is 3.33. The van der Waals surface area contributed by atoms with E-state index >= 15 is 0 Å². The largest absolute Gasteiger partial charge is 0.425 e. The second-order valence-corrected chi connectivity index (χ2v) is 7.82. The van der Waals surface area contributed by atoms with E-state index in [-0.39, 0.29) is 6.42 Å². The van der Waals surface area contributed by atoms with Gasteiger partial charge in [0.1, 0.15) is 0 Å². The summed E-state index contributed by atoms with van der Waals surface area (Å²) in [6.45, 7) is 2.60. The summed E-state index contributed by atoms with van der Waals surface area (Å²) in [5, 5.41) is 11.7. The number of hydrogen-bond donors (Lipinski definition) is 0. The highest BCUT2D eigenvalue weighted by Gasteiger charge is 2.66. The smallest absolute Gasteiger partial charge is 0.342 e. The summed E-state index contributed by atoms with van der Waals surface area (Å²) in [4.78, 5) is 24.8. The lowest BCUT2D eigenvalue weighted by Gasteiger charge is -2.53. The number of benzene rings is 2. The lowest BCUT2D eigenvalue weighted by Crippen LogP contribution is -2.70. The van der Waals surface area contributed by atoms with Crippen LogP contribution in [0.15, 0.2) is 60.7 Å². The van der Waals surface area contributed by atoms with Crippen molar-refractivity contribution in [2.75, 3.05) is 20.8 Å². The van der Waals surface area contributed by atoms with Crippen molar-refractivity contribution in [3.05, 3.63) is 81.9 Å². The SMILES string of the molecule is CO[C@]1(C)OC(=O)[C@](Cc2ccccc2)([C@@H](C[N+](=O)[O-])c2ccccc2)O[C@@]1(C)OC. The van der Waals surface area contributed by atoms with E-state index in [1.807, 2.05) is 30.3 Å². The number of esters is 1. The standard InChI is InChI=1S/C23H27NO7/c1-21(28-3)22(2,29-4)31-23(20(25)30-21,15-17-11-7-5-8-12-17)19(16-24(26)27)18-13-9-6-10-14-18/h5-14,19H,15-16H2,1-4H3/t19-,21+,22+,23-/m0/s1. The van der Waals surface area contributed by atoms with E-state index in [0.29, 0.717) is 5.56 Å². The quantitative estimate of drug-likeness (QED) is 0.361. The molecule has 0 amide bonds. The van der Waals surface area contributed by atoms with E-state index in [0.717, 1.165) is 5.56 Å². The number of methoxy groups -OCH3 is 2. The van der Waals surface area contributed by atoms with Crippen molar-refractivity contribution < 1.29 is 28.7 Å². The fourth-order valence-corrected chi connectivity index (χ4v) is 3.99. The first kappa shape index (κ1) is 22.9. The van der Waals surface area contributed by atoms with Crippen molar-refractivity contribution in [1.82, 2.24) is 0 Å². The minimum Gasteiger partial charge on any atom is -0.425 e. The van der Waals surface area contributed by atoms with Crippen molar-refractivity contribution in [3.8, 4) is 0 Å². The van der Waals surface area contributed by atoms with E-state index in [1.54, 1.807) is 37.3 Å². The van der Waals surface area contributed by atoms with Gasteiger partial charge in [0.05, 0.1) is 5.92 Å². The summed E-state index contributed by atoms with van der Waals surface area (Å²) in [7, 11) is 2.79. The molecular formula is C23H27NO7. The van der Waals surface area contributed by atoms with Gasteiger partial charge in [0.15, 0.2) is 5.60 Å². The Bertz CT molecular complexity index is 922. The summed E-state index contributed by atoms with van der Waals surface area (Å²) >= 11 is 0. The minimum atomic E-state index is -1.72. The van der Waals surface area contributed by atoms with Crippen LogP contribution in [0.1, 0.15) is 30.9 Å². The first-order chi connectivity index (χ1) is 14.7. The zero-order valence-corrected chi connectivity index (χ0v) is 18.1. The number of ether oxygens (including phenoxy) is 4. The topological polar surface area (TPSA) is 97.1 Å². The highest BCUT2D eigenvalue weighted by atomic mass is 16.8. The highest BCUT2D eigenvalue weighted by molar-refractivity contribution is 5.83. The van der Waals surface area contributed by atoms with E-state index in [2.05, 4.69) is 0 Å². The van der Waals surface area contributed by atoms with Crippen molar-refractivity contribution in [2.45, 2.75) is 43.4 Å². The van der Waals surface area contributed by atoms with Crippen molar-refractivity contribution in [1.29, 1.82) is 0 Å². The van der Waals surface area contributed by atoms with Crippen LogP contribution in [-0.4, -0.2) is 48.8 Å². The van der Waals surface area contributed by atoms with Gasteiger partial charge >= 0.3 is 5.97 Å². The molecule has 3 rings (SSSR count). The molecule has 2 aromatic rings. The summed E-state index contributed by atoms with van der Waals surface area (Å²) in [5.41, 5.74) is -0.367. The molecule has 8 heteroatoms. The molecule has 0 aliphatic carbocycles. The number of cyclic esters (lactones) is 1. The molecule has 1 heterocycles. The summed E-state index contributed by atoms with van der Waals surface area (Å²) in [6.07, 6.45) is 0.0544. The first-order valence-electron chi connectivity index (χ1n) is 9.94. The Kier molecular flexibility index (Phi) is 6.45. The number of hydrogen-bond acceptors (Lipinski definition) is 7. The van der Waals surface area contributed by atoms with Gasteiger partial charge in [-0.2, -0.15) is 0 Å². The van der Waals surface area contributed by atoms with Crippen LogP contribution in [0.25, 0.3) is 0 Å². The molecule has 2 aromatic carbocycles. The average molecular weight is 429 g/mol. The first-order valence-corrected chi connectivity index (χ1v) is 9.94. The van der Waals surface area contributed by atoms with Crippen LogP contribution in [0.5, 0.6) is 0 Å². The van der Waals surface area contributed by atoms with E-state index in [1.165, 1.54) is 21.1 Å². The van der Waals surface area contributed by atoms with Crippen LogP contribution in [0.4, 0.5) is 0 Å². The molecule has 1 fully saturated rings. The molecule has 0 unspecified atom stereocenters.